The van der Waals surface area contributed by atoms with Crippen LogP contribution in [0.5, 0.6) is 6.01 Å². The lowest BCUT2D eigenvalue weighted by Crippen LogP contribution is -2.11. The van der Waals surface area contributed by atoms with Crippen LogP contribution in [0.3, 0.4) is 0 Å². The second-order valence-corrected chi connectivity index (χ2v) is 5.42. The highest BCUT2D eigenvalue weighted by Gasteiger charge is 2.11. The zero-order valence-corrected chi connectivity index (χ0v) is 11.3. The molecular formula is C9H9BrN4O2S. The molecule has 0 aliphatic carbocycles. The van der Waals surface area contributed by atoms with Crippen molar-refractivity contribution in [1.82, 2.24) is 15.2 Å². The molecule has 0 unspecified atom stereocenters. The number of carbonyl (C=O) groups is 1. The van der Waals surface area contributed by atoms with Gasteiger partial charge in [0, 0.05) is 0 Å². The molecule has 8 heteroatoms. The van der Waals surface area contributed by atoms with Gasteiger partial charge in [-0.3, -0.25) is 10.1 Å². The number of aromatic nitrogens is 3. The summed E-state index contributed by atoms with van der Waals surface area (Å²) < 4.78 is 5.97. The topological polar surface area (TPSA) is 79.9 Å². The Morgan fingerprint density at radius 2 is 2.47 bits per heavy atom. The summed E-state index contributed by atoms with van der Waals surface area (Å²) in [4.78, 5) is 16.3. The molecule has 17 heavy (non-hydrogen) atoms. The minimum absolute atomic E-state index is 0.218. The van der Waals surface area contributed by atoms with Crippen LogP contribution >= 0.6 is 27.3 Å². The maximum absolute atomic E-state index is 11.7. The molecule has 2 aromatic heterocycles. The van der Waals surface area contributed by atoms with Crippen molar-refractivity contribution in [1.29, 1.82) is 0 Å². The number of amides is 1. The van der Waals surface area contributed by atoms with E-state index in [2.05, 4.69) is 36.4 Å². The van der Waals surface area contributed by atoms with Crippen molar-refractivity contribution in [2.75, 3.05) is 11.9 Å². The number of halogens is 1. The summed E-state index contributed by atoms with van der Waals surface area (Å²) in [6, 6.07) is 3.75. The first kappa shape index (κ1) is 12.1. The van der Waals surface area contributed by atoms with Crippen molar-refractivity contribution in [3.8, 4) is 6.01 Å². The fourth-order valence-electron chi connectivity index (χ4n) is 1.10. The summed E-state index contributed by atoms with van der Waals surface area (Å²) >= 11 is 4.64. The van der Waals surface area contributed by atoms with Gasteiger partial charge in [-0.2, -0.15) is 4.98 Å². The molecule has 0 aliphatic heterocycles. The first-order chi connectivity index (χ1) is 8.19. The quantitative estimate of drug-likeness (QED) is 0.906. The third-order valence-corrected chi connectivity index (χ3v) is 3.39. The number of nitrogens with one attached hydrogen (secondary N) is 2. The van der Waals surface area contributed by atoms with Crippen LogP contribution in [0.1, 0.15) is 16.6 Å². The van der Waals surface area contributed by atoms with Gasteiger partial charge in [0.25, 0.3) is 5.91 Å². The zero-order valence-electron chi connectivity index (χ0n) is 8.86. The lowest BCUT2D eigenvalue weighted by molar-refractivity contribution is 0.102. The zero-order chi connectivity index (χ0) is 12.3. The Morgan fingerprint density at radius 1 is 1.65 bits per heavy atom. The minimum Gasteiger partial charge on any atom is -0.463 e. The van der Waals surface area contributed by atoms with Gasteiger partial charge >= 0.3 is 6.01 Å². The van der Waals surface area contributed by atoms with Crippen LogP contribution in [-0.4, -0.2) is 27.7 Å². The van der Waals surface area contributed by atoms with Gasteiger partial charge in [-0.15, -0.1) is 16.4 Å². The molecule has 2 rings (SSSR count). The summed E-state index contributed by atoms with van der Waals surface area (Å²) in [7, 11) is 0. The SMILES string of the molecule is CCOc1n[nH]c(NC(=O)c2ccc(Br)s2)n1. The van der Waals surface area contributed by atoms with Gasteiger partial charge in [0.05, 0.1) is 15.3 Å². The number of H-pyrrole nitrogens is 1. The van der Waals surface area contributed by atoms with Gasteiger partial charge in [-0.25, -0.2) is 5.10 Å². The maximum Gasteiger partial charge on any atom is 0.337 e. The highest BCUT2D eigenvalue weighted by Crippen LogP contribution is 2.22. The molecule has 0 fully saturated rings. The number of aromatic amines is 1. The van der Waals surface area contributed by atoms with Gasteiger partial charge in [-0.05, 0) is 35.0 Å². The van der Waals surface area contributed by atoms with Gasteiger partial charge < -0.3 is 4.74 Å². The standard InChI is InChI=1S/C9H9BrN4O2S/c1-2-16-9-12-8(13-14-9)11-7(15)5-3-4-6(10)17-5/h3-4H,2H2,1H3,(H2,11,12,13,14,15). The molecule has 0 atom stereocenters. The minimum atomic E-state index is -0.236. The first-order valence-corrected chi connectivity index (χ1v) is 6.42. The molecule has 0 bridgehead atoms. The van der Waals surface area contributed by atoms with Crippen molar-refractivity contribution in [3.63, 3.8) is 0 Å². The molecule has 0 aliphatic rings. The van der Waals surface area contributed by atoms with Crippen molar-refractivity contribution in [2.45, 2.75) is 6.92 Å². The van der Waals surface area contributed by atoms with Crippen LogP contribution in [0.15, 0.2) is 15.9 Å². The average Bonchev–Trinajstić information content (AvgIpc) is 2.88. The van der Waals surface area contributed by atoms with Crippen molar-refractivity contribution in [2.24, 2.45) is 0 Å². The molecule has 0 aromatic carbocycles. The molecule has 0 radical (unpaired) electrons. The Bertz CT molecular complexity index is 525. The van der Waals surface area contributed by atoms with E-state index in [4.69, 9.17) is 4.74 Å². The second kappa shape index (κ2) is 5.28. The third-order valence-electron chi connectivity index (χ3n) is 1.77. The van der Waals surface area contributed by atoms with E-state index in [1.807, 2.05) is 13.0 Å². The number of nitrogens with zero attached hydrogens (tertiary/aromatic N) is 2. The lowest BCUT2D eigenvalue weighted by atomic mass is 10.4. The van der Waals surface area contributed by atoms with Crippen LogP contribution < -0.4 is 10.1 Å². The van der Waals surface area contributed by atoms with E-state index < -0.39 is 0 Å². The van der Waals surface area contributed by atoms with Gasteiger partial charge in [0.1, 0.15) is 0 Å². The van der Waals surface area contributed by atoms with E-state index in [1.165, 1.54) is 11.3 Å². The summed E-state index contributed by atoms with van der Waals surface area (Å²) in [5.74, 6) is 0.0304. The predicted molar refractivity (Wildman–Crippen MR) is 67.5 cm³/mol. The number of hydrogen-bond acceptors (Lipinski definition) is 5. The van der Waals surface area contributed by atoms with Gasteiger partial charge in [-0.1, -0.05) is 0 Å². The average molecular weight is 317 g/mol. The summed E-state index contributed by atoms with van der Waals surface area (Å²) in [6.07, 6.45) is 0. The van der Waals surface area contributed by atoms with Crippen molar-refractivity contribution >= 4 is 39.1 Å². The summed E-state index contributed by atoms with van der Waals surface area (Å²) in [5.41, 5.74) is 0. The maximum atomic E-state index is 11.7. The summed E-state index contributed by atoms with van der Waals surface area (Å²) in [5, 5.41) is 8.94. The molecule has 0 saturated carbocycles. The Morgan fingerprint density at radius 3 is 3.12 bits per heavy atom. The van der Waals surface area contributed by atoms with E-state index >= 15 is 0 Å². The van der Waals surface area contributed by atoms with Crippen LogP contribution in [0.25, 0.3) is 0 Å². The number of ether oxygens (including phenoxy) is 1. The number of anilines is 1. The number of rotatable bonds is 4. The van der Waals surface area contributed by atoms with Crippen LogP contribution in [-0.2, 0) is 0 Å². The fourth-order valence-corrected chi connectivity index (χ4v) is 2.38. The number of hydrogen-bond donors (Lipinski definition) is 2. The number of carbonyl (C=O) groups excluding carboxylic acids is 1. The molecule has 2 aromatic rings. The van der Waals surface area contributed by atoms with E-state index in [1.54, 1.807) is 6.07 Å². The predicted octanol–water partition coefficient (Wildman–Crippen LogP) is 2.28. The lowest BCUT2D eigenvalue weighted by Gasteiger charge is -1.97. The molecule has 1 amide bonds. The van der Waals surface area contributed by atoms with E-state index in [0.29, 0.717) is 11.5 Å². The fraction of sp³-hybridized carbons (Fsp3) is 0.222. The Hall–Kier alpha value is -1.41. The van der Waals surface area contributed by atoms with Gasteiger partial charge in [0.15, 0.2) is 0 Å². The normalized spacial score (nSPS) is 10.2. The van der Waals surface area contributed by atoms with E-state index in [-0.39, 0.29) is 17.9 Å². The van der Waals surface area contributed by atoms with Crippen molar-refractivity contribution in [3.05, 3.63) is 20.8 Å². The van der Waals surface area contributed by atoms with Gasteiger partial charge in [0.2, 0.25) is 5.95 Å². The monoisotopic (exact) mass is 316 g/mol. The molecule has 0 saturated heterocycles. The molecule has 90 valence electrons. The molecule has 0 spiro atoms. The Labute approximate surface area is 110 Å². The van der Waals surface area contributed by atoms with Crippen LogP contribution in [0.2, 0.25) is 0 Å². The van der Waals surface area contributed by atoms with E-state index in [9.17, 15) is 4.79 Å². The largest absolute Gasteiger partial charge is 0.463 e. The highest BCUT2D eigenvalue weighted by molar-refractivity contribution is 9.11. The Kier molecular flexibility index (Phi) is 3.75. The third kappa shape index (κ3) is 3.04. The Balaban J connectivity index is 2.02. The van der Waals surface area contributed by atoms with Crippen molar-refractivity contribution < 1.29 is 9.53 Å². The number of thiophene rings is 1. The van der Waals surface area contributed by atoms with E-state index in [0.717, 1.165) is 3.79 Å². The molecule has 2 heterocycles. The molecular weight excluding hydrogens is 308 g/mol. The summed E-state index contributed by atoms with van der Waals surface area (Å²) in [6.45, 7) is 2.31. The van der Waals surface area contributed by atoms with Crippen LogP contribution in [0.4, 0.5) is 5.95 Å². The van der Waals surface area contributed by atoms with Crippen LogP contribution in [0, 0.1) is 0 Å². The smallest absolute Gasteiger partial charge is 0.337 e. The highest BCUT2D eigenvalue weighted by atomic mass is 79.9. The first-order valence-electron chi connectivity index (χ1n) is 4.81. The molecule has 6 nitrogen and oxygen atoms in total. The molecule has 2 N–H and O–H groups in total. The second-order valence-electron chi connectivity index (χ2n) is 2.96.